The number of nitrogens with one attached hydrogen (secondary N) is 2. The van der Waals surface area contributed by atoms with E-state index >= 15 is 0 Å². The number of ether oxygens (including phenoxy) is 2. The van der Waals surface area contributed by atoms with Gasteiger partial charge in [0.15, 0.2) is 0 Å². The summed E-state index contributed by atoms with van der Waals surface area (Å²) in [4.78, 5) is 11.3. The third-order valence-corrected chi connectivity index (χ3v) is 2.85. The lowest BCUT2D eigenvalue weighted by Gasteiger charge is -2.11. The van der Waals surface area contributed by atoms with E-state index in [1.165, 1.54) is 25.7 Å². The van der Waals surface area contributed by atoms with Crippen molar-refractivity contribution in [2.75, 3.05) is 40.0 Å². The molecule has 0 aromatic heterocycles. The fourth-order valence-corrected chi connectivity index (χ4v) is 1.91. The maximum absolute atomic E-state index is 11.3. The van der Waals surface area contributed by atoms with Gasteiger partial charge in [0.2, 0.25) is 5.91 Å². The van der Waals surface area contributed by atoms with Crippen molar-refractivity contribution in [3.63, 3.8) is 0 Å². The van der Waals surface area contributed by atoms with Crippen LogP contribution in [0, 0.1) is 0 Å². The molecule has 0 aromatic carbocycles. The number of carbonyl (C=O) groups is 1. The predicted octanol–water partition coefficient (Wildman–Crippen LogP) is 0.298. The van der Waals surface area contributed by atoms with Crippen molar-refractivity contribution in [2.24, 2.45) is 0 Å². The average Bonchev–Trinajstić information content (AvgIpc) is 2.83. The minimum atomic E-state index is 0.0103. The van der Waals surface area contributed by atoms with Crippen molar-refractivity contribution in [3.05, 3.63) is 0 Å². The first kappa shape index (κ1) is 14.4. The SMILES string of the molecule is COCCNCC(=O)NCCOC1CCCC1. The zero-order valence-corrected chi connectivity index (χ0v) is 10.7. The van der Waals surface area contributed by atoms with Gasteiger partial charge >= 0.3 is 0 Å². The first-order chi connectivity index (χ1) is 8.33. The Kier molecular flexibility index (Phi) is 7.96. The first-order valence-electron chi connectivity index (χ1n) is 6.41. The van der Waals surface area contributed by atoms with Gasteiger partial charge in [-0.25, -0.2) is 0 Å². The molecule has 2 N–H and O–H groups in total. The molecule has 0 radical (unpaired) electrons. The Morgan fingerprint density at radius 3 is 2.71 bits per heavy atom. The van der Waals surface area contributed by atoms with Crippen molar-refractivity contribution in [1.29, 1.82) is 0 Å². The Hall–Kier alpha value is -0.650. The summed E-state index contributed by atoms with van der Waals surface area (Å²) in [6, 6.07) is 0. The zero-order chi connectivity index (χ0) is 12.3. The second-order valence-corrected chi connectivity index (χ2v) is 4.30. The van der Waals surface area contributed by atoms with Crippen molar-refractivity contribution >= 4 is 5.91 Å². The van der Waals surface area contributed by atoms with Crippen molar-refractivity contribution in [2.45, 2.75) is 31.8 Å². The highest BCUT2D eigenvalue weighted by atomic mass is 16.5. The van der Waals surface area contributed by atoms with Gasteiger partial charge in [-0.05, 0) is 12.8 Å². The fraction of sp³-hybridized carbons (Fsp3) is 0.917. The van der Waals surface area contributed by atoms with Crippen LogP contribution in [-0.4, -0.2) is 52.0 Å². The lowest BCUT2D eigenvalue weighted by atomic mass is 10.3. The van der Waals surface area contributed by atoms with Gasteiger partial charge in [0.25, 0.3) is 0 Å². The van der Waals surface area contributed by atoms with E-state index in [0.717, 1.165) is 0 Å². The van der Waals surface area contributed by atoms with Crippen LogP contribution in [0.2, 0.25) is 0 Å². The molecule has 1 saturated carbocycles. The number of methoxy groups -OCH3 is 1. The number of hydrogen-bond acceptors (Lipinski definition) is 4. The van der Waals surface area contributed by atoms with Gasteiger partial charge in [0, 0.05) is 20.2 Å². The van der Waals surface area contributed by atoms with Gasteiger partial charge in [-0.15, -0.1) is 0 Å². The van der Waals surface area contributed by atoms with E-state index in [-0.39, 0.29) is 5.91 Å². The number of hydrogen-bond donors (Lipinski definition) is 2. The Labute approximate surface area is 103 Å². The van der Waals surface area contributed by atoms with Crippen LogP contribution in [0.25, 0.3) is 0 Å². The zero-order valence-electron chi connectivity index (χ0n) is 10.7. The quantitative estimate of drug-likeness (QED) is 0.573. The van der Waals surface area contributed by atoms with E-state index in [0.29, 0.717) is 39.0 Å². The minimum absolute atomic E-state index is 0.0103. The van der Waals surface area contributed by atoms with Gasteiger partial charge < -0.3 is 20.1 Å². The lowest BCUT2D eigenvalue weighted by Crippen LogP contribution is -2.37. The maximum atomic E-state index is 11.3. The highest BCUT2D eigenvalue weighted by Crippen LogP contribution is 2.20. The largest absolute Gasteiger partial charge is 0.383 e. The van der Waals surface area contributed by atoms with E-state index in [2.05, 4.69) is 10.6 Å². The molecule has 1 rings (SSSR count). The number of rotatable bonds is 9. The van der Waals surface area contributed by atoms with Crippen molar-refractivity contribution in [3.8, 4) is 0 Å². The molecule has 100 valence electrons. The van der Waals surface area contributed by atoms with E-state index in [1.807, 2.05) is 0 Å². The second-order valence-electron chi connectivity index (χ2n) is 4.30. The fourth-order valence-electron chi connectivity index (χ4n) is 1.91. The van der Waals surface area contributed by atoms with E-state index in [1.54, 1.807) is 7.11 Å². The molecule has 1 amide bonds. The molecule has 1 fully saturated rings. The molecule has 0 unspecified atom stereocenters. The number of amides is 1. The molecule has 0 bridgehead atoms. The first-order valence-corrected chi connectivity index (χ1v) is 6.41. The monoisotopic (exact) mass is 244 g/mol. The minimum Gasteiger partial charge on any atom is -0.383 e. The van der Waals surface area contributed by atoms with Crippen molar-refractivity contribution in [1.82, 2.24) is 10.6 Å². The molecule has 0 aliphatic heterocycles. The van der Waals surface area contributed by atoms with E-state index in [4.69, 9.17) is 9.47 Å². The predicted molar refractivity (Wildman–Crippen MR) is 66.0 cm³/mol. The molecule has 5 heteroatoms. The molecule has 5 nitrogen and oxygen atoms in total. The normalized spacial score (nSPS) is 16.3. The van der Waals surface area contributed by atoms with Crippen LogP contribution >= 0.6 is 0 Å². The second kappa shape index (κ2) is 9.39. The van der Waals surface area contributed by atoms with Gasteiger partial charge in [0.05, 0.1) is 25.9 Å². The summed E-state index contributed by atoms with van der Waals surface area (Å²) < 4.78 is 10.5. The molecule has 1 aliphatic carbocycles. The number of carbonyl (C=O) groups excluding carboxylic acids is 1. The van der Waals surface area contributed by atoms with Crippen LogP contribution in [0.1, 0.15) is 25.7 Å². The van der Waals surface area contributed by atoms with Crippen LogP contribution in [0.5, 0.6) is 0 Å². The summed E-state index contributed by atoms with van der Waals surface area (Å²) in [5.41, 5.74) is 0. The van der Waals surface area contributed by atoms with E-state index < -0.39 is 0 Å². The van der Waals surface area contributed by atoms with Gasteiger partial charge in [0.1, 0.15) is 0 Å². The van der Waals surface area contributed by atoms with Gasteiger partial charge in [-0.3, -0.25) is 4.79 Å². The Morgan fingerprint density at radius 1 is 1.24 bits per heavy atom. The Bertz CT molecular complexity index is 206. The molecular formula is C12H24N2O3. The van der Waals surface area contributed by atoms with Crippen LogP contribution in [0.15, 0.2) is 0 Å². The van der Waals surface area contributed by atoms with Gasteiger partial charge in [-0.1, -0.05) is 12.8 Å². The molecule has 0 spiro atoms. The van der Waals surface area contributed by atoms with E-state index in [9.17, 15) is 4.79 Å². The molecular weight excluding hydrogens is 220 g/mol. The highest BCUT2D eigenvalue weighted by molar-refractivity contribution is 5.77. The topological polar surface area (TPSA) is 59.6 Å². The van der Waals surface area contributed by atoms with Crippen LogP contribution < -0.4 is 10.6 Å². The van der Waals surface area contributed by atoms with Gasteiger partial charge in [-0.2, -0.15) is 0 Å². The van der Waals surface area contributed by atoms with Crippen LogP contribution in [-0.2, 0) is 14.3 Å². The highest BCUT2D eigenvalue weighted by Gasteiger charge is 2.14. The molecule has 17 heavy (non-hydrogen) atoms. The smallest absolute Gasteiger partial charge is 0.234 e. The summed E-state index contributed by atoms with van der Waals surface area (Å²) in [6.07, 6.45) is 5.33. The summed E-state index contributed by atoms with van der Waals surface area (Å²) in [7, 11) is 1.64. The molecule has 0 saturated heterocycles. The summed E-state index contributed by atoms with van der Waals surface area (Å²) >= 11 is 0. The standard InChI is InChI=1S/C12H24N2O3/c1-16-8-6-13-10-12(15)14-7-9-17-11-4-2-3-5-11/h11,13H,2-10H2,1H3,(H,14,15). The molecule has 0 aromatic rings. The summed E-state index contributed by atoms with van der Waals surface area (Å²) in [6.45, 7) is 2.88. The molecule has 1 aliphatic rings. The third-order valence-electron chi connectivity index (χ3n) is 2.85. The summed E-state index contributed by atoms with van der Waals surface area (Å²) in [5, 5.41) is 5.81. The third kappa shape index (κ3) is 7.31. The average molecular weight is 244 g/mol. The van der Waals surface area contributed by atoms with Crippen molar-refractivity contribution < 1.29 is 14.3 Å². The molecule has 0 atom stereocenters. The maximum Gasteiger partial charge on any atom is 0.234 e. The molecule has 0 heterocycles. The van der Waals surface area contributed by atoms with Crippen LogP contribution in [0.4, 0.5) is 0 Å². The van der Waals surface area contributed by atoms with Crippen LogP contribution in [0.3, 0.4) is 0 Å². The lowest BCUT2D eigenvalue weighted by molar-refractivity contribution is -0.120. The summed E-state index contributed by atoms with van der Waals surface area (Å²) in [5.74, 6) is 0.0103. The Morgan fingerprint density at radius 2 is 2.00 bits per heavy atom. The Balaban J connectivity index is 1.85.